The molecule has 0 aliphatic heterocycles. The van der Waals surface area contributed by atoms with Gasteiger partial charge in [0.15, 0.2) is 0 Å². The van der Waals surface area contributed by atoms with Gasteiger partial charge in [0.2, 0.25) is 0 Å². The molecule has 17 heavy (non-hydrogen) atoms. The lowest BCUT2D eigenvalue weighted by atomic mass is 10.3. The van der Waals surface area contributed by atoms with Crippen LogP contribution in [0.5, 0.6) is 0 Å². The van der Waals surface area contributed by atoms with Crippen molar-refractivity contribution in [3.8, 4) is 0 Å². The molecule has 0 aromatic heterocycles. The summed E-state index contributed by atoms with van der Waals surface area (Å²) in [5, 5.41) is 3.54. The zero-order valence-electron chi connectivity index (χ0n) is 10.1. The van der Waals surface area contributed by atoms with Crippen molar-refractivity contribution in [2.24, 2.45) is 4.99 Å². The van der Waals surface area contributed by atoms with E-state index in [1.165, 1.54) is 11.9 Å². The summed E-state index contributed by atoms with van der Waals surface area (Å²) in [6.45, 7) is 4.50. The van der Waals surface area contributed by atoms with E-state index in [4.69, 9.17) is 0 Å². The van der Waals surface area contributed by atoms with Gasteiger partial charge in [-0.15, -0.1) is 0 Å². The standard InChI is InChI=1S/C12H17N3OS/c1-3-11(17-15-12(16)13-4-2)14-10-8-6-5-7-9-10/h5-9H,3-4H2,1-2H3,(H2,13,15,16)/b14-11+. The molecule has 0 saturated carbocycles. The first-order valence-corrected chi connectivity index (χ1v) is 6.41. The molecule has 0 spiro atoms. The van der Waals surface area contributed by atoms with E-state index in [0.29, 0.717) is 6.54 Å². The number of hydrogen-bond acceptors (Lipinski definition) is 3. The SMILES string of the molecule is CCNC(=O)NS/C(CC)=N/c1ccccc1. The lowest BCUT2D eigenvalue weighted by molar-refractivity contribution is 0.247. The van der Waals surface area contributed by atoms with Crippen molar-refractivity contribution in [2.45, 2.75) is 20.3 Å². The highest BCUT2D eigenvalue weighted by atomic mass is 32.2. The van der Waals surface area contributed by atoms with Crippen LogP contribution in [-0.4, -0.2) is 17.6 Å². The zero-order valence-corrected chi connectivity index (χ0v) is 10.9. The topological polar surface area (TPSA) is 53.5 Å². The fraction of sp³-hybridized carbons (Fsp3) is 0.333. The Balaban J connectivity index is 2.54. The number of benzene rings is 1. The number of carbonyl (C=O) groups is 1. The van der Waals surface area contributed by atoms with Crippen LogP contribution >= 0.6 is 11.9 Å². The summed E-state index contributed by atoms with van der Waals surface area (Å²) in [6, 6.07) is 9.50. The number of amides is 2. The van der Waals surface area contributed by atoms with E-state index in [2.05, 4.69) is 15.0 Å². The van der Waals surface area contributed by atoms with E-state index in [1.54, 1.807) is 0 Å². The summed E-state index contributed by atoms with van der Waals surface area (Å²) in [7, 11) is 0. The van der Waals surface area contributed by atoms with Crippen LogP contribution in [0.4, 0.5) is 10.5 Å². The van der Waals surface area contributed by atoms with Crippen LogP contribution in [0.15, 0.2) is 35.3 Å². The summed E-state index contributed by atoms with van der Waals surface area (Å²) < 4.78 is 2.69. The van der Waals surface area contributed by atoms with Gasteiger partial charge in [0, 0.05) is 18.5 Å². The Bertz CT molecular complexity index is 379. The van der Waals surface area contributed by atoms with Gasteiger partial charge in [-0.05, 0) is 25.5 Å². The molecule has 0 fully saturated rings. The number of carbonyl (C=O) groups excluding carboxylic acids is 1. The minimum absolute atomic E-state index is 0.188. The summed E-state index contributed by atoms with van der Waals surface area (Å²) in [5.74, 6) is 0. The molecule has 0 aliphatic rings. The molecule has 4 nitrogen and oxygen atoms in total. The van der Waals surface area contributed by atoms with Crippen LogP contribution in [0, 0.1) is 0 Å². The maximum absolute atomic E-state index is 11.2. The van der Waals surface area contributed by atoms with Crippen LogP contribution < -0.4 is 10.0 Å². The summed E-state index contributed by atoms with van der Waals surface area (Å²) in [4.78, 5) is 15.7. The molecule has 0 radical (unpaired) electrons. The molecule has 0 atom stereocenters. The van der Waals surface area contributed by atoms with E-state index in [9.17, 15) is 4.79 Å². The summed E-state index contributed by atoms with van der Waals surface area (Å²) in [6.07, 6.45) is 0.784. The van der Waals surface area contributed by atoms with Crippen molar-refractivity contribution in [1.29, 1.82) is 0 Å². The monoisotopic (exact) mass is 251 g/mol. The number of hydrogen-bond donors (Lipinski definition) is 2. The maximum atomic E-state index is 11.2. The lowest BCUT2D eigenvalue weighted by Gasteiger charge is -2.06. The second kappa shape index (κ2) is 7.73. The molecule has 0 aliphatic carbocycles. The van der Waals surface area contributed by atoms with Gasteiger partial charge in [0.1, 0.15) is 0 Å². The Hall–Kier alpha value is -1.49. The van der Waals surface area contributed by atoms with Crippen molar-refractivity contribution in [2.75, 3.05) is 6.54 Å². The Morgan fingerprint density at radius 3 is 2.59 bits per heavy atom. The fourth-order valence-electron chi connectivity index (χ4n) is 1.12. The first kappa shape index (κ1) is 13.6. The lowest BCUT2D eigenvalue weighted by Crippen LogP contribution is -2.31. The predicted octanol–water partition coefficient (Wildman–Crippen LogP) is 3.09. The second-order valence-corrected chi connectivity index (χ2v) is 4.14. The number of rotatable bonds is 3. The minimum Gasteiger partial charge on any atom is -0.338 e. The van der Waals surface area contributed by atoms with Gasteiger partial charge in [0.05, 0.1) is 10.7 Å². The van der Waals surface area contributed by atoms with Crippen molar-refractivity contribution in [3.63, 3.8) is 0 Å². The average molecular weight is 251 g/mol. The van der Waals surface area contributed by atoms with E-state index in [0.717, 1.165) is 17.2 Å². The normalized spacial score (nSPS) is 11.1. The first-order chi connectivity index (χ1) is 8.26. The molecule has 5 heteroatoms. The van der Waals surface area contributed by atoms with Crippen molar-refractivity contribution >= 4 is 28.7 Å². The van der Waals surface area contributed by atoms with Gasteiger partial charge >= 0.3 is 6.03 Å². The molecule has 0 heterocycles. The number of nitrogens with one attached hydrogen (secondary N) is 2. The molecule has 0 bridgehead atoms. The number of para-hydroxylation sites is 1. The molecule has 0 unspecified atom stereocenters. The van der Waals surface area contributed by atoms with E-state index >= 15 is 0 Å². The minimum atomic E-state index is -0.188. The molecule has 2 amide bonds. The smallest absolute Gasteiger partial charge is 0.325 e. The predicted molar refractivity (Wildman–Crippen MR) is 73.6 cm³/mol. The molecule has 2 N–H and O–H groups in total. The van der Waals surface area contributed by atoms with Crippen LogP contribution in [0.1, 0.15) is 20.3 Å². The van der Waals surface area contributed by atoms with Gasteiger partial charge in [-0.25, -0.2) is 9.79 Å². The van der Waals surface area contributed by atoms with Gasteiger partial charge < -0.3 is 5.32 Å². The second-order valence-electron chi connectivity index (χ2n) is 3.26. The van der Waals surface area contributed by atoms with Gasteiger partial charge in [-0.2, -0.15) is 0 Å². The zero-order chi connectivity index (χ0) is 12.5. The van der Waals surface area contributed by atoms with Gasteiger partial charge in [-0.1, -0.05) is 25.1 Å². The largest absolute Gasteiger partial charge is 0.338 e. The maximum Gasteiger partial charge on any atom is 0.325 e. The third kappa shape index (κ3) is 5.40. The number of urea groups is 1. The molecule has 0 saturated heterocycles. The molecular weight excluding hydrogens is 234 g/mol. The van der Waals surface area contributed by atoms with E-state index in [1.807, 2.05) is 44.2 Å². The molecule has 92 valence electrons. The Morgan fingerprint density at radius 2 is 2.00 bits per heavy atom. The van der Waals surface area contributed by atoms with Crippen molar-refractivity contribution in [1.82, 2.24) is 10.0 Å². The third-order valence-electron chi connectivity index (χ3n) is 1.91. The fourth-order valence-corrected chi connectivity index (χ4v) is 1.70. The van der Waals surface area contributed by atoms with Gasteiger partial charge in [-0.3, -0.25) is 4.72 Å². The van der Waals surface area contributed by atoms with E-state index in [-0.39, 0.29) is 6.03 Å². The highest BCUT2D eigenvalue weighted by molar-refractivity contribution is 8.12. The summed E-state index contributed by atoms with van der Waals surface area (Å²) >= 11 is 1.25. The quantitative estimate of drug-likeness (QED) is 0.493. The molecule has 1 rings (SSSR count). The van der Waals surface area contributed by atoms with Crippen molar-refractivity contribution < 1.29 is 4.79 Å². The van der Waals surface area contributed by atoms with Crippen LogP contribution in [0.3, 0.4) is 0 Å². The van der Waals surface area contributed by atoms with Gasteiger partial charge in [0.25, 0.3) is 0 Å². The number of aliphatic imine (C=N–C) groups is 1. The Morgan fingerprint density at radius 1 is 1.29 bits per heavy atom. The van der Waals surface area contributed by atoms with E-state index < -0.39 is 0 Å². The highest BCUT2D eigenvalue weighted by Crippen LogP contribution is 2.14. The van der Waals surface area contributed by atoms with Crippen LogP contribution in [-0.2, 0) is 0 Å². The molecule has 1 aromatic rings. The Kier molecular flexibility index (Phi) is 6.17. The third-order valence-corrected chi connectivity index (χ3v) is 2.81. The molecule has 1 aromatic carbocycles. The number of nitrogens with zero attached hydrogens (tertiary/aromatic N) is 1. The first-order valence-electron chi connectivity index (χ1n) is 5.59. The Labute approximate surface area is 106 Å². The van der Waals surface area contributed by atoms with Crippen molar-refractivity contribution in [3.05, 3.63) is 30.3 Å². The summed E-state index contributed by atoms with van der Waals surface area (Å²) in [5.41, 5.74) is 0.898. The van der Waals surface area contributed by atoms with Crippen LogP contribution in [0.2, 0.25) is 0 Å². The molecular formula is C12H17N3OS. The highest BCUT2D eigenvalue weighted by Gasteiger charge is 2.02. The van der Waals surface area contributed by atoms with Crippen LogP contribution in [0.25, 0.3) is 0 Å². The average Bonchev–Trinajstić information content (AvgIpc) is 2.36.